The van der Waals surface area contributed by atoms with Crippen LogP contribution in [-0.2, 0) is 13.0 Å². The lowest BCUT2D eigenvalue weighted by atomic mass is 10.1. The zero-order valence-corrected chi connectivity index (χ0v) is 13.1. The van der Waals surface area contributed by atoms with Crippen LogP contribution in [0.3, 0.4) is 0 Å². The number of hydrogen-bond donors (Lipinski definition) is 1. The quantitative estimate of drug-likeness (QED) is 0.626. The highest BCUT2D eigenvalue weighted by Crippen LogP contribution is 2.28. The minimum Gasteiger partial charge on any atom is -0.493 e. The zero-order valence-electron chi connectivity index (χ0n) is 12.3. The fourth-order valence-electron chi connectivity index (χ4n) is 2.11. The maximum Gasteiger partial charge on any atom is 0.160 e. The molecule has 0 saturated heterocycles. The first-order valence-corrected chi connectivity index (χ1v) is 7.29. The lowest BCUT2D eigenvalue weighted by Crippen LogP contribution is -2.25. The molecule has 0 aliphatic rings. The molecule has 2 rings (SSSR count). The van der Waals surface area contributed by atoms with E-state index in [1.807, 2.05) is 36.4 Å². The molecule has 0 heterocycles. The van der Waals surface area contributed by atoms with E-state index in [4.69, 9.17) is 21.1 Å². The molecule has 3 nitrogen and oxygen atoms in total. The Hall–Kier alpha value is -1.71. The average molecular weight is 306 g/mol. The van der Waals surface area contributed by atoms with Crippen LogP contribution in [-0.4, -0.2) is 19.7 Å². The molecule has 0 amide bonds. The van der Waals surface area contributed by atoms with Crippen molar-refractivity contribution in [3.05, 3.63) is 59.7 Å². The molecule has 0 aliphatic heterocycles. The number of methoxy groups -OCH3 is 2. The molecule has 0 radical (unpaired) electrons. The van der Waals surface area contributed by atoms with Gasteiger partial charge in [-0.05, 0) is 23.3 Å². The summed E-state index contributed by atoms with van der Waals surface area (Å²) in [5, 5.41) is 3.31. The van der Waals surface area contributed by atoms with Gasteiger partial charge < -0.3 is 9.47 Å². The normalized spacial score (nSPS) is 12.0. The highest BCUT2D eigenvalue weighted by atomic mass is 35.5. The third-order valence-corrected chi connectivity index (χ3v) is 3.54. The van der Waals surface area contributed by atoms with Crippen LogP contribution in [0, 0.1) is 0 Å². The number of ether oxygens (including phenoxy) is 2. The van der Waals surface area contributed by atoms with Gasteiger partial charge in [0.05, 0.1) is 19.7 Å². The topological polar surface area (TPSA) is 30.5 Å². The number of alkyl halides is 1. The molecule has 0 fully saturated rings. The third-order valence-electron chi connectivity index (χ3n) is 3.23. The second-order valence-electron chi connectivity index (χ2n) is 4.73. The summed E-state index contributed by atoms with van der Waals surface area (Å²) in [6.07, 6.45) is 0.717. The van der Waals surface area contributed by atoms with E-state index in [1.54, 1.807) is 14.2 Å². The number of benzene rings is 2. The van der Waals surface area contributed by atoms with Crippen LogP contribution in [0.5, 0.6) is 11.5 Å². The molecular weight excluding hydrogens is 286 g/mol. The van der Waals surface area contributed by atoms with Gasteiger partial charge in [0, 0.05) is 13.0 Å². The zero-order chi connectivity index (χ0) is 15.1. The number of rotatable bonds is 7. The fraction of sp³-hybridized carbons (Fsp3) is 0.294. The monoisotopic (exact) mass is 305 g/mol. The molecule has 112 valence electrons. The molecule has 0 bridgehead atoms. The minimum atomic E-state index is -0.136. The van der Waals surface area contributed by atoms with E-state index in [9.17, 15) is 0 Å². The molecule has 0 aromatic heterocycles. The van der Waals surface area contributed by atoms with Gasteiger partial charge in [-0.15, -0.1) is 11.6 Å². The van der Waals surface area contributed by atoms with Gasteiger partial charge in [-0.2, -0.15) is 0 Å². The van der Waals surface area contributed by atoms with Gasteiger partial charge in [-0.1, -0.05) is 36.4 Å². The largest absolute Gasteiger partial charge is 0.493 e. The first kappa shape index (κ1) is 15.7. The highest BCUT2D eigenvalue weighted by Gasteiger charge is 2.09. The highest BCUT2D eigenvalue weighted by molar-refractivity contribution is 6.20. The molecule has 2 aromatic rings. The van der Waals surface area contributed by atoms with Crippen LogP contribution >= 0.6 is 11.6 Å². The predicted octanol–water partition coefficient (Wildman–Crippen LogP) is 3.60. The molecule has 1 N–H and O–H groups in total. The van der Waals surface area contributed by atoms with Crippen molar-refractivity contribution in [1.82, 2.24) is 5.32 Å². The van der Waals surface area contributed by atoms with Gasteiger partial charge in [0.1, 0.15) is 0 Å². The fourth-order valence-corrected chi connectivity index (χ4v) is 2.37. The standard InChI is InChI=1S/C17H20ClNO2/c1-20-15-9-8-14(10-16(15)21-2)11-17(18)19-12-13-6-4-3-5-7-13/h3-10,17,19H,11-12H2,1-2H3. The molecular formula is C17H20ClNO2. The molecule has 1 atom stereocenters. The van der Waals surface area contributed by atoms with E-state index in [0.29, 0.717) is 0 Å². The van der Waals surface area contributed by atoms with Crippen molar-refractivity contribution in [3.63, 3.8) is 0 Å². The van der Waals surface area contributed by atoms with Gasteiger partial charge in [0.25, 0.3) is 0 Å². The lowest BCUT2D eigenvalue weighted by Gasteiger charge is -2.14. The summed E-state index contributed by atoms with van der Waals surface area (Å²) >= 11 is 6.35. The molecule has 21 heavy (non-hydrogen) atoms. The SMILES string of the molecule is COc1ccc(CC(Cl)NCc2ccccc2)cc1OC. The Morgan fingerprint density at radius 2 is 1.67 bits per heavy atom. The second kappa shape index (κ2) is 7.91. The van der Waals surface area contributed by atoms with Gasteiger partial charge in [0.15, 0.2) is 11.5 Å². The summed E-state index contributed by atoms with van der Waals surface area (Å²) in [7, 11) is 3.26. The summed E-state index contributed by atoms with van der Waals surface area (Å²) in [4.78, 5) is 0. The first-order chi connectivity index (χ1) is 10.2. The van der Waals surface area contributed by atoms with E-state index in [1.165, 1.54) is 5.56 Å². The Bertz CT molecular complexity index is 560. The van der Waals surface area contributed by atoms with Crippen LogP contribution < -0.4 is 14.8 Å². The average Bonchev–Trinajstić information content (AvgIpc) is 2.53. The van der Waals surface area contributed by atoms with Crippen molar-refractivity contribution in [1.29, 1.82) is 0 Å². The van der Waals surface area contributed by atoms with Gasteiger partial charge in [-0.25, -0.2) is 0 Å². The predicted molar refractivity (Wildman–Crippen MR) is 86.2 cm³/mol. The molecule has 0 aliphatic carbocycles. The van der Waals surface area contributed by atoms with E-state index in [-0.39, 0.29) is 5.50 Å². The van der Waals surface area contributed by atoms with Crippen molar-refractivity contribution in [3.8, 4) is 11.5 Å². The van der Waals surface area contributed by atoms with Crippen molar-refractivity contribution in [2.24, 2.45) is 0 Å². The van der Waals surface area contributed by atoms with E-state index in [2.05, 4.69) is 17.4 Å². The molecule has 2 aromatic carbocycles. The summed E-state index contributed by atoms with van der Waals surface area (Å²) in [5.74, 6) is 1.45. The van der Waals surface area contributed by atoms with E-state index < -0.39 is 0 Å². The molecule has 4 heteroatoms. The van der Waals surface area contributed by atoms with E-state index >= 15 is 0 Å². The van der Waals surface area contributed by atoms with Gasteiger partial charge in [0.2, 0.25) is 0 Å². The van der Waals surface area contributed by atoms with Crippen LogP contribution in [0.4, 0.5) is 0 Å². The van der Waals surface area contributed by atoms with Gasteiger partial charge >= 0.3 is 0 Å². The Labute approximate surface area is 130 Å². The molecule has 1 unspecified atom stereocenters. The van der Waals surface area contributed by atoms with Crippen LogP contribution in [0.25, 0.3) is 0 Å². The van der Waals surface area contributed by atoms with E-state index in [0.717, 1.165) is 30.0 Å². The van der Waals surface area contributed by atoms with Crippen LogP contribution in [0.1, 0.15) is 11.1 Å². The Morgan fingerprint density at radius 3 is 2.33 bits per heavy atom. The molecule has 0 spiro atoms. The number of halogens is 1. The van der Waals surface area contributed by atoms with Crippen LogP contribution in [0.15, 0.2) is 48.5 Å². The number of hydrogen-bond acceptors (Lipinski definition) is 3. The first-order valence-electron chi connectivity index (χ1n) is 6.85. The van der Waals surface area contributed by atoms with Crippen LogP contribution in [0.2, 0.25) is 0 Å². The Morgan fingerprint density at radius 1 is 0.952 bits per heavy atom. The summed E-state index contributed by atoms with van der Waals surface area (Å²) < 4.78 is 10.5. The third kappa shape index (κ3) is 4.66. The Kier molecular flexibility index (Phi) is 5.90. The summed E-state index contributed by atoms with van der Waals surface area (Å²) in [6, 6.07) is 16.1. The smallest absolute Gasteiger partial charge is 0.160 e. The van der Waals surface area contributed by atoms with Crippen molar-refractivity contribution < 1.29 is 9.47 Å². The second-order valence-corrected chi connectivity index (χ2v) is 5.25. The Balaban J connectivity index is 1.91. The lowest BCUT2D eigenvalue weighted by molar-refractivity contribution is 0.354. The number of nitrogens with one attached hydrogen (secondary N) is 1. The van der Waals surface area contributed by atoms with Crippen molar-refractivity contribution >= 4 is 11.6 Å². The summed E-state index contributed by atoms with van der Waals surface area (Å²) in [6.45, 7) is 0.752. The van der Waals surface area contributed by atoms with Crippen molar-refractivity contribution in [2.75, 3.05) is 14.2 Å². The molecule has 0 saturated carbocycles. The maximum atomic E-state index is 6.35. The van der Waals surface area contributed by atoms with Crippen molar-refractivity contribution in [2.45, 2.75) is 18.5 Å². The minimum absolute atomic E-state index is 0.136. The summed E-state index contributed by atoms with van der Waals surface area (Å²) in [5.41, 5.74) is 2.19. The maximum absolute atomic E-state index is 6.35. The van der Waals surface area contributed by atoms with Gasteiger partial charge in [-0.3, -0.25) is 5.32 Å².